The zero-order chi connectivity index (χ0) is 30.5. The van der Waals surface area contributed by atoms with Gasteiger partial charge in [0, 0.05) is 82.1 Å². The number of nitrogens with one attached hydrogen (secondary N) is 2. The van der Waals surface area contributed by atoms with E-state index >= 15 is 0 Å². The predicted octanol–water partition coefficient (Wildman–Crippen LogP) is 6.32. The lowest BCUT2D eigenvalue weighted by atomic mass is 10.1. The zero-order valence-electron chi connectivity index (χ0n) is 25.5. The minimum Gasteiger partial charge on any atom is -0.383 e. The normalized spacial score (nSPS) is 15.1. The number of methoxy groups -OCH3 is 1. The van der Waals surface area contributed by atoms with Gasteiger partial charge in [0.1, 0.15) is 0 Å². The number of H-pyrrole nitrogens is 1. The maximum absolute atomic E-state index is 12.7. The monoisotopic (exact) mass is 629 g/mol. The third kappa shape index (κ3) is 7.33. The Kier molecular flexibility index (Phi) is 9.93. The van der Waals surface area contributed by atoms with Gasteiger partial charge in [0.25, 0.3) is 0 Å². The van der Waals surface area contributed by atoms with Gasteiger partial charge < -0.3 is 29.6 Å². The van der Waals surface area contributed by atoms with Crippen molar-refractivity contribution in [2.45, 2.75) is 39.0 Å². The second kappa shape index (κ2) is 14.2. The Morgan fingerprint density at radius 3 is 2.70 bits per heavy atom. The molecule has 10 heteroatoms. The number of pyridine rings is 2. The molecule has 0 radical (unpaired) electrons. The molecule has 4 aromatic rings. The van der Waals surface area contributed by atoms with Crippen LogP contribution in [0.5, 0.6) is 0 Å². The molecule has 2 aliphatic heterocycles. The summed E-state index contributed by atoms with van der Waals surface area (Å²) in [4.78, 5) is 29.9. The number of aromatic nitrogens is 2. The lowest BCUT2D eigenvalue weighted by Gasteiger charge is -2.29. The quantitative estimate of drug-likeness (QED) is 0.174. The highest BCUT2D eigenvalue weighted by Gasteiger charge is 2.23. The molecule has 0 bridgehead atoms. The third-order valence-electron chi connectivity index (χ3n) is 7.96. The van der Waals surface area contributed by atoms with Crippen molar-refractivity contribution in [3.05, 3.63) is 88.5 Å². The summed E-state index contributed by atoms with van der Waals surface area (Å²) in [6.45, 7) is 7.53. The molecule has 1 fully saturated rings. The number of fused-ring (bicyclic) bond motifs is 2. The van der Waals surface area contributed by atoms with Crippen molar-refractivity contribution < 1.29 is 9.47 Å². The predicted molar refractivity (Wildman–Crippen MR) is 180 cm³/mol. The average molecular weight is 630 g/mol. The maximum atomic E-state index is 12.7. The summed E-state index contributed by atoms with van der Waals surface area (Å²) in [7, 11) is 3.87. The number of ether oxygens (including phenoxy) is 2. The van der Waals surface area contributed by atoms with Crippen LogP contribution in [0.15, 0.2) is 91.2 Å². The van der Waals surface area contributed by atoms with Gasteiger partial charge in [-0.1, -0.05) is 41.7 Å². The molecule has 44 heavy (non-hydrogen) atoms. The Labute approximate surface area is 267 Å². The molecule has 0 spiro atoms. The van der Waals surface area contributed by atoms with E-state index in [4.69, 9.17) is 14.5 Å². The Hall–Kier alpha value is -3.28. The Bertz CT molecular complexity index is 1640. The highest BCUT2D eigenvalue weighted by Crippen LogP contribution is 2.52. The smallest absolute Gasteiger partial charge is 0.250 e. The number of hydrogen-bond donors (Lipinski definition) is 2. The van der Waals surface area contributed by atoms with Crippen molar-refractivity contribution >= 4 is 34.9 Å². The molecule has 6 rings (SSSR count). The first-order valence-electron chi connectivity index (χ1n) is 15.0. The van der Waals surface area contributed by atoms with E-state index in [0.717, 1.165) is 73.1 Å². The van der Waals surface area contributed by atoms with Gasteiger partial charge in [-0.05, 0) is 62.4 Å². The fraction of sp³-hybridized carbons (Fsp3) is 0.353. The van der Waals surface area contributed by atoms with E-state index in [1.54, 1.807) is 36.7 Å². The lowest BCUT2D eigenvalue weighted by molar-refractivity contribution is 0.122. The standard InChI is InChI=1S/C34H39N5O3S2/c1-23-7-9-27(35-22-23)28(11-12-38(2)13-16-41-3)36-24-8-10-30-32(19-24)43-31-6-4-5-26(34(31)44-30)29-20-25(21-33(40)37-29)39-14-17-42-18-15-39/h4-10,19-22,28,36H,11-18H2,1-3H3,(H,37,40). The van der Waals surface area contributed by atoms with Crippen molar-refractivity contribution in [2.24, 2.45) is 0 Å². The molecule has 1 unspecified atom stereocenters. The molecule has 8 nitrogen and oxygen atoms in total. The lowest BCUT2D eigenvalue weighted by Crippen LogP contribution is -2.36. The number of rotatable bonds is 11. The van der Waals surface area contributed by atoms with Crippen molar-refractivity contribution in [1.82, 2.24) is 14.9 Å². The fourth-order valence-corrected chi connectivity index (χ4v) is 7.88. The molecule has 0 amide bonds. The van der Waals surface area contributed by atoms with Crippen LogP contribution < -0.4 is 15.8 Å². The minimum atomic E-state index is -0.0892. The second-order valence-electron chi connectivity index (χ2n) is 11.3. The topological polar surface area (TPSA) is 82.7 Å². The molecular formula is C34H39N5O3S2. The number of anilines is 2. The molecule has 1 saturated heterocycles. The van der Waals surface area contributed by atoms with Crippen molar-refractivity contribution in [3.63, 3.8) is 0 Å². The molecule has 2 aromatic carbocycles. The second-order valence-corrected chi connectivity index (χ2v) is 13.4. The van der Waals surface area contributed by atoms with Crippen LogP contribution >= 0.6 is 23.5 Å². The number of aryl methyl sites for hydroxylation is 1. The van der Waals surface area contributed by atoms with E-state index in [2.05, 4.69) is 88.7 Å². The van der Waals surface area contributed by atoms with Crippen LogP contribution in [-0.2, 0) is 9.47 Å². The van der Waals surface area contributed by atoms with Crippen LogP contribution in [0, 0.1) is 6.92 Å². The van der Waals surface area contributed by atoms with Crippen LogP contribution in [-0.4, -0.2) is 75.0 Å². The number of nitrogens with zero attached hydrogens (tertiary/aromatic N) is 3. The first-order valence-corrected chi connectivity index (χ1v) is 16.7. The summed E-state index contributed by atoms with van der Waals surface area (Å²) in [5.41, 5.74) is 6.01. The minimum absolute atomic E-state index is 0.0781. The summed E-state index contributed by atoms with van der Waals surface area (Å²) in [6, 6.07) is 21.1. The highest BCUT2D eigenvalue weighted by atomic mass is 32.2. The summed E-state index contributed by atoms with van der Waals surface area (Å²) in [5, 5.41) is 3.78. The molecule has 1 atom stereocenters. The fourth-order valence-electron chi connectivity index (χ4n) is 5.47. The summed E-state index contributed by atoms with van der Waals surface area (Å²) < 4.78 is 10.8. The number of likely N-dealkylation sites (N-methyl/N-ethyl adjacent to an activating group) is 1. The molecule has 4 heterocycles. The zero-order valence-corrected chi connectivity index (χ0v) is 27.1. The SMILES string of the molecule is COCCN(C)CCC(Nc1ccc2c(c1)Sc1cccc(-c3cc(N4CCOCC4)cc(=O)[nH]3)c1S2)c1ccc(C)cn1. The van der Waals surface area contributed by atoms with Gasteiger partial charge in [0.05, 0.1) is 37.3 Å². The molecule has 0 aliphatic carbocycles. The van der Waals surface area contributed by atoms with Crippen LogP contribution in [0.4, 0.5) is 11.4 Å². The van der Waals surface area contributed by atoms with Gasteiger partial charge in [-0.3, -0.25) is 9.78 Å². The summed E-state index contributed by atoms with van der Waals surface area (Å²) >= 11 is 3.54. The molecule has 2 aliphatic rings. The van der Waals surface area contributed by atoms with E-state index in [1.165, 1.54) is 19.6 Å². The molecule has 2 aromatic heterocycles. The van der Waals surface area contributed by atoms with Gasteiger partial charge >= 0.3 is 0 Å². The number of morpholine rings is 1. The molecule has 230 valence electrons. The number of aromatic amines is 1. The number of benzene rings is 2. The van der Waals surface area contributed by atoms with Crippen LogP contribution in [0.3, 0.4) is 0 Å². The van der Waals surface area contributed by atoms with E-state index in [0.29, 0.717) is 13.2 Å². The van der Waals surface area contributed by atoms with E-state index < -0.39 is 0 Å². The van der Waals surface area contributed by atoms with Crippen LogP contribution in [0.25, 0.3) is 11.3 Å². The van der Waals surface area contributed by atoms with E-state index in [1.807, 2.05) is 6.20 Å². The third-order valence-corrected chi connectivity index (χ3v) is 10.6. The van der Waals surface area contributed by atoms with Crippen LogP contribution in [0.2, 0.25) is 0 Å². The molecular weight excluding hydrogens is 591 g/mol. The average Bonchev–Trinajstić information content (AvgIpc) is 3.05. The summed E-state index contributed by atoms with van der Waals surface area (Å²) in [6.07, 6.45) is 2.86. The van der Waals surface area contributed by atoms with E-state index in [9.17, 15) is 4.79 Å². The molecule has 0 saturated carbocycles. The first kappa shape index (κ1) is 30.7. The Balaban J connectivity index is 1.23. The molecule has 2 N–H and O–H groups in total. The van der Waals surface area contributed by atoms with E-state index in [-0.39, 0.29) is 11.6 Å². The van der Waals surface area contributed by atoms with Crippen molar-refractivity contribution in [2.75, 3.05) is 70.4 Å². The first-order chi connectivity index (χ1) is 21.5. The Morgan fingerprint density at radius 1 is 1.05 bits per heavy atom. The largest absolute Gasteiger partial charge is 0.383 e. The Morgan fingerprint density at radius 2 is 1.91 bits per heavy atom. The van der Waals surface area contributed by atoms with Crippen LogP contribution in [0.1, 0.15) is 23.7 Å². The van der Waals surface area contributed by atoms with Gasteiger partial charge in [-0.25, -0.2) is 0 Å². The van der Waals surface area contributed by atoms with Gasteiger partial charge in [0.15, 0.2) is 0 Å². The van der Waals surface area contributed by atoms with Gasteiger partial charge in [-0.2, -0.15) is 0 Å². The van der Waals surface area contributed by atoms with Gasteiger partial charge in [0.2, 0.25) is 5.56 Å². The highest BCUT2D eigenvalue weighted by molar-refractivity contribution is 8.05. The van der Waals surface area contributed by atoms with Crippen molar-refractivity contribution in [3.8, 4) is 11.3 Å². The van der Waals surface area contributed by atoms with Gasteiger partial charge in [-0.15, -0.1) is 0 Å². The number of hydrogen-bond acceptors (Lipinski definition) is 9. The summed E-state index contributed by atoms with van der Waals surface area (Å²) in [5.74, 6) is 0. The van der Waals surface area contributed by atoms with Crippen molar-refractivity contribution in [1.29, 1.82) is 0 Å². The maximum Gasteiger partial charge on any atom is 0.250 e.